The van der Waals surface area contributed by atoms with Gasteiger partial charge in [-0.2, -0.15) is 11.8 Å². The van der Waals surface area contributed by atoms with Gasteiger partial charge in [-0.1, -0.05) is 18.2 Å². The second kappa shape index (κ2) is 4.57. The summed E-state index contributed by atoms with van der Waals surface area (Å²) >= 11 is 2.11. The molecular weight excluding hydrogens is 240 g/mol. The molecule has 2 saturated heterocycles. The quantitative estimate of drug-likeness (QED) is 0.878. The first-order valence-electron chi connectivity index (χ1n) is 6.99. The third-order valence-corrected chi connectivity index (χ3v) is 6.22. The van der Waals surface area contributed by atoms with Crippen molar-refractivity contribution in [2.45, 2.75) is 62.1 Å². The van der Waals surface area contributed by atoms with Gasteiger partial charge in [0.15, 0.2) is 0 Å². The molecule has 3 rings (SSSR count). The van der Waals surface area contributed by atoms with Crippen LogP contribution in [0.4, 0.5) is 0 Å². The van der Waals surface area contributed by atoms with Crippen LogP contribution in [-0.2, 0) is 6.42 Å². The lowest BCUT2D eigenvalue weighted by atomic mass is 9.85. The molecule has 1 nitrogen and oxygen atoms in total. The van der Waals surface area contributed by atoms with E-state index in [2.05, 4.69) is 43.8 Å². The summed E-state index contributed by atoms with van der Waals surface area (Å²) in [5.74, 6) is 0. The molecular formula is C16H22OS. The molecule has 0 saturated carbocycles. The molecule has 0 radical (unpaired) electrons. The van der Waals surface area contributed by atoms with Gasteiger partial charge in [0.1, 0.15) is 0 Å². The summed E-state index contributed by atoms with van der Waals surface area (Å²) < 4.78 is 0. The van der Waals surface area contributed by atoms with Crippen molar-refractivity contribution in [3.05, 3.63) is 34.9 Å². The molecule has 2 fully saturated rings. The van der Waals surface area contributed by atoms with Crippen LogP contribution in [0.2, 0.25) is 0 Å². The molecule has 0 spiro atoms. The molecule has 2 heteroatoms. The second-order valence-electron chi connectivity index (χ2n) is 6.13. The van der Waals surface area contributed by atoms with Crippen LogP contribution in [0.5, 0.6) is 0 Å². The molecule has 1 aromatic carbocycles. The summed E-state index contributed by atoms with van der Waals surface area (Å²) in [6.45, 7) is 4.34. The molecule has 2 aliphatic rings. The number of fused-ring (bicyclic) bond motifs is 2. The minimum absolute atomic E-state index is 0.449. The summed E-state index contributed by atoms with van der Waals surface area (Å²) in [5.41, 5.74) is 3.58. The number of benzene rings is 1. The molecule has 2 atom stereocenters. The molecule has 2 aliphatic heterocycles. The largest absolute Gasteiger partial charge is 0.389 e. The van der Waals surface area contributed by atoms with Crippen LogP contribution in [-0.4, -0.2) is 21.2 Å². The number of hydrogen-bond donors (Lipinski definition) is 1. The summed E-state index contributed by atoms with van der Waals surface area (Å²) in [6, 6.07) is 6.46. The highest BCUT2D eigenvalue weighted by atomic mass is 32.2. The molecule has 0 aromatic heterocycles. The van der Waals surface area contributed by atoms with Gasteiger partial charge in [0.25, 0.3) is 0 Å². The average Bonchev–Trinajstić information content (AvgIpc) is 2.65. The van der Waals surface area contributed by atoms with Crippen LogP contribution >= 0.6 is 11.8 Å². The second-order valence-corrected chi connectivity index (χ2v) is 7.73. The Bertz CT molecular complexity index is 442. The number of hydrogen-bond acceptors (Lipinski definition) is 2. The highest BCUT2D eigenvalue weighted by Crippen LogP contribution is 2.48. The van der Waals surface area contributed by atoms with Gasteiger partial charge in [0.05, 0.1) is 5.60 Å². The molecule has 1 N–H and O–H groups in total. The Balaban J connectivity index is 1.81. The van der Waals surface area contributed by atoms with Crippen molar-refractivity contribution in [2.24, 2.45) is 0 Å². The van der Waals surface area contributed by atoms with Crippen molar-refractivity contribution >= 4 is 11.8 Å². The Hall–Kier alpha value is -0.470. The first kappa shape index (κ1) is 12.6. The SMILES string of the molecule is Cc1cccc(CC2(O)CC3CCC(C2)S3)c1C. The predicted molar refractivity (Wildman–Crippen MR) is 78.2 cm³/mol. The summed E-state index contributed by atoms with van der Waals surface area (Å²) in [5, 5.41) is 12.3. The van der Waals surface area contributed by atoms with Crippen LogP contribution in [0.15, 0.2) is 18.2 Å². The van der Waals surface area contributed by atoms with Crippen molar-refractivity contribution in [1.29, 1.82) is 0 Å². The highest BCUT2D eigenvalue weighted by Gasteiger charge is 2.43. The monoisotopic (exact) mass is 262 g/mol. The number of aliphatic hydroxyl groups is 1. The molecule has 2 bridgehead atoms. The van der Waals surface area contributed by atoms with E-state index in [0.717, 1.165) is 19.3 Å². The van der Waals surface area contributed by atoms with Gasteiger partial charge in [0, 0.05) is 16.9 Å². The molecule has 1 aromatic rings. The normalized spacial score (nSPS) is 34.8. The van der Waals surface area contributed by atoms with E-state index < -0.39 is 5.60 Å². The van der Waals surface area contributed by atoms with Crippen LogP contribution in [0.1, 0.15) is 42.4 Å². The Morgan fingerprint density at radius 3 is 2.56 bits per heavy atom. The van der Waals surface area contributed by atoms with Gasteiger partial charge in [-0.05, 0) is 56.2 Å². The number of aryl methyl sites for hydroxylation is 1. The third-order valence-electron chi connectivity index (χ3n) is 4.65. The van der Waals surface area contributed by atoms with E-state index in [0.29, 0.717) is 10.5 Å². The van der Waals surface area contributed by atoms with Crippen molar-refractivity contribution in [2.75, 3.05) is 0 Å². The molecule has 2 unspecified atom stereocenters. The molecule has 0 amide bonds. The zero-order valence-electron chi connectivity index (χ0n) is 11.3. The fourth-order valence-corrected chi connectivity index (χ4v) is 5.42. The fourth-order valence-electron chi connectivity index (χ4n) is 3.51. The van der Waals surface area contributed by atoms with E-state index in [1.54, 1.807) is 0 Å². The Morgan fingerprint density at radius 1 is 1.22 bits per heavy atom. The fraction of sp³-hybridized carbons (Fsp3) is 0.625. The molecule has 98 valence electrons. The van der Waals surface area contributed by atoms with Gasteiger partial charge >= 0.3 is 0 Å². The van der Waals surface area contributed by atoms with Crippen LogP contribution in [0, 0.1) is 13.8 Å². The van der Waals surface area contributed by atoms with Gasteiger partial charge in [0.2, 0.25) is 0 Å². The maximum atomic E-state index is 10.9. The van der Waals surface area contributed by atoms with Crippen LogP contribution < -0.4 is 0 Å². The van der Waals surface area contributed by atoms with Crippen molar-refractivity contribution in [1.82, 2.24) is 0 Å². The first-order valence-corrected chi connectivity index (χ1v) is 7.93. The standard InChI is InChI=1S/C16H22OS/c1-11-4-3-5-13(12(11)2)8-16(17)9-14-6-7-15(10-16)18-14/h3-5,14-15,17H,6-10H2,1-2H3. The van der Waals surface area contributed by atoms with Crippen LogP contribution in [0.25, 0.3) is 0 Å². The van der Waals surface area contributed by atoms with Gasteiger partial charge in [-0.25, -0.2) is 0 Å². The molecule has 0 aliphatic carbocycles. The zero-order valence-corrected chi connectivity index (χ0v) is 12.1. The van der Waals surface area contributed by atoms with Crippen molar-refractivity contribution in [3.8, 4) is 0 Å². The first-order chi connectivity index (χ1) is 8.56. The van der Waals surface area contributed by atoms with E-state index in [9.17, 15) is 5.11 Å². The van der Waals surface area contributed by atoms with Gasteiger partial charge in [-0.3, -0.25) is 0 Å². The third kappa shape index (κ3) is 2.33. The average molecular weight is 262 g/mol. The van der Waals surface area contributed by atoms with E-state index >= 15 is 0 Å². The molecule has 2 heterocycles. The van der Waals surface area contributed by atoms with Crippen molar-refractivity contribution in [3.63, 3.8) is 0 Å². The maximum absolute atomic E-state index is 10.9. The van der Waals surface area contributed by atoms with E-state index in [1.807, 2.05) is 0 Å². The summed E-state index contributed by atoms with van der Waals surface area (Å²) in [6.07, 6.45) is 5.44. The lowest BCUT2D eigenvalue weighted by molar-refractivity contribution is 0.0240. The van der Waals surface area contributed by atoms with Gasteiger partial charge in [-0.15, -0.1) is 0 Å². The van der Waals surface area contributed by atoms with Crippen molar-refractivity contribution < 1.29 is 5.11 Å². The maximum Gasteiger partial charge on any atom is 0.0709 e. The minimum Gasteiger partial charge on any atom is -0.389 e. The summed E-state index contributed by atoms with van der Waals surface area (Å²) in [4.78, 5) is 0. The Morgan fingerprint density at radius 2 is 1.89 bits per heavy atom. The van der Waals surface area contributed by atoms with E-state index in [-0.39, 0.29) is 0 Å². The Kier molecular flexibility index (Phi) is 3.19. The smallest absolute Gasteiger partial charge is 0.0709 e. The zero-order chi connectivity index (χ0) is 12.8. The summed E-state index contributed by atoms with van der Waals surface area (Å²) in [7, 11) is 0. The lowest BCUT2D eigenvalue weighted by Gasteiger charge is -2.36. The number of thioether (sulfide) groups is 1. The van der Waals surface area contributed by atoms with E-state index in [4.69, 9.17) is 0 Å². The van der Waals surface area contributed by atoms with Gasteiger partial charge < -0.3 is 5.11 Å². The minimum atomic E-state index is -0.449. The Labute approximate surface area is 114 Å². The molecule has 18 heavy (non-hydrogen) atoms. The topological polar surface area (TPSA) is 20.2 Å². The highest BCUT2D eigenvalue weighted by molar-refractivity contribution is 8.00. The number of rotatable bonds is 2. The predicted octanol–water partition coefficient (Wildman–Crippen LogP) is 3.64. The van der Waals surface area contributed by atoms with E-state index in [1.165, 1.54) is 29.5 Å². The van der Waals surface area contributed by atoms with Crippen LogP contribution in [0.3, 0.4) is 0 Å². The lowest BCUT2D eigenvalue weighted by Crippen LogP contribution is -2.39.